The number of hydrogen-bond donors (Lipinski definition) is 2. The molecule has 1 fully saturated rings. The van der Waals surface area contributed by atoms with Gasteiger partial charge in [0.15, 0.2) is 0 Å². The van der Waals surface area contributed by atoms with Crippen LogP contribution >= 0.6 is 0 Å². The van der Waals surface area contributed by atoms with Crippen molar-refractivity contribution in [1.82, 2.24) is 19.9 Å². The average Bonchev–Trinajstić information content (AvgIpc) is 3.14. The summed E-state index contributed by atoms with van der Waals surface area (Å²) in [5, 5.41) is 7.37. The highest BCUT2D eigenvalue weighted by atomic mass is 16.5. The fourth-order valence-corrected chi connectivity index (χ4v) is 3.48. The number of morpholine rings is 1. The number of amides is 1. The molecule has 8 heteroatoms. The van der Waals surface area contributed by atoms with E-state index >= 15 is 0 Å². The van der Waals surface area contributed by atoms with Gasteiger partial charge in [0.05, 0.1) is 13.2 Å². The van der Waals surface area contributed by atoms with Crippen molar-refractivity contribution in [3.05, 3.63) is 48.4 Å². The van der Waals surface area contributed by atoms with Gasteiger partial charge in [-0.3, -0.25) is 4.79 Å². The SMILES string of the molecule is Cc1nc(NCCNC(=O)Cn2ccc3ccccc32)cc(N2CCOCC2)n1. The number of ether oxygens (including phenoxy) is 1. The van der Waals surface area contributed by atoms with Crippen LogP contribution in [-0.4, -0.2) is 59.8 Å². The van der Waals surface area contributed by atoms with Crippen molar-refractivity contribution in [1.29, 1.82) is 0 Å². The van der Waals surface area contributed by atoms with Crippen LogP contribution in [0.4, 0.5) is 11.6 Å². The molecule has 0 aliphatic carbocycles. The third-order valence-corrected chi connectivity index (χ3v) is 4.91. The van der Waals surface area contributed by atoms with Crippen molar-refractivity contribution >= 4 is 28.4 Å². The number of benzene rings is 1. The summed E-state index contributed by atoms with van der Waals surface area (Å²) in [6, 6.07) is 12.0. The topological polar surface area (TPSA) is 84.3 Å². The van der Waals surface area contributed by atoms with Gasteiger partial charge < -0.3 is 24.8 Å². The summed E-state index contributed by atoms with van der Waals surface area (Å²) >= 11 is 0. The Hall–Kier alpha value is -3.13. The first kappa shape index (κ1) is 19.2. The number of fused-ring (bicyclic) bond motifs is 1. The maximum absolute atomic E-state index is 12.3. The van der Waals surface area contributed by atoms with Gasteiger partial charge >= 0.3 is 0 Å². The van der Waals surface area contributed by atoms with Gasteiger partial charge in [0.1, 0.15) is 24.0 Å². The fraction of sp³-hybridized carbons (Fsp3) is 0.381. The summed E-state index contributed by atoms with van der Waals surface area (Å²) < 4.78 is 7.36. The van der Waals surface area contributed by atoms with Gasteiger partial charge in [-0.25, -0.2) is 9.97 Å². The van der Waals surface area contributed by atoms with Crippen molar-refractivity contribution in [2.75, 3.05) is 49.6 Å². The molecule has 1 aliphatic rings. The molecular weight excluding hydrogens is 368 g/mol. The van der Waals surface area contributed by atoms with Crippen LogP contribution in [0, 0.1) is 6.92 Å². The van der Waals surface area contributed by atoms with Crippen molar-refractivity contribution in [2.45, 2.75) is 13.5 Å². The number of para-hydroxylation sites is 1. The van der Waals surface area contributed by atoms with Crippen LogP contribution in [0.15, 0.2) is 42.6 Å². The number of carbonyl (C=O) groups is 1. The molecular formula is C21H26N6O2. The van der Waals surface area contributed by atoms with Crippen molar-refractivity contribution in [3.63, 3.8) is 0 Å². The third kappa shape index (κ3) is 4.83. The highest BCUT2D eigenvalue weighted by Gasteiger charge is 2.14. The molecule has 0 atom stereocenters. The van der Waals surface area contributed by atoms with Crippen molar-refractivity contribution < 1.29 is 9.53 Å². The van der Waals surface area contributed by atoms with Gasteiger partial charge in [-0.1, -0.05) is 18.2 Å². The second-order valence-corrected chi connectivity index (χ2v) is 7.04. The van der Waals surface area contributed by atoms with E-state index in [0.717, 1.165) is 41.5 Å². The molecule has 3 heterocycles. The van der Waals surface area contributed by atoms with Crippen molar-refractivity contribution in [2.24, 2.45) is 0 Å². The average molecular weight is 394 g/mol. The standard InChI is InChI=1S/C21H26N6O2/c1-16-24-19(14-20(25-16)26-10-12-29-13-11-26)22-7-8-23-21(28)15-27-9-6-17-4-2-3-5-18(17)27/h2-6,9,14H,7-8,10-13,15H2,1H3,(H,23,28)(H,22,24,25). The molecule has 8 nitrogen and oxygen atoms in total. The van der Waals surface area contributed by atoms with Gasteiger partial charge in [-0.2, -0.15) is 0 Å². The van der Waals surface area contributed by atoms with E-state index in [2.05, 4.69) is 25.5 Å². The summed E-state index contributed by atoms with van der Waals surface area (Å²) in [6.45, 7) is 6.41. The Labute approximate surface area is 169 Å². The van der Waals surface area contributed by atoms with Crippen LogP contribution in [0.5, 0.6) is 0 Å². The molecule has 0 radical (unpaired) electrons. The first-order valence-electron chi connectivity index (χ1n) is 9.92. The van der Waals surface area contributed by atoms with E-state index in [1.807, 2.05) is 54.1 Å². The predicted octanol–water partition coefficient (Wildman–Crippen LogP) is 1.80. The van der Waals surface area contributed by atoms with Gasteiger partial charge in [-0.05, 0) is 24.4 Å². The maximum Gasteiger partial charge on any atom is 0.240 e. The minimum atomic E-state index is -0.0129. The number of nitrogens with one attached hydrogen (secondary N) is 2. The largest absolute Gasteiger partial charge is 0.378 e. The molecule has 0 spiro atoms. The Kier molecular flexibility index (Phi) is 5.90. The van der Waals surface area contributed by atoms with E-state index in [1.165, 1.54) is 0 Å². The first-order valence-corrected chi connectivity index (χ1v) is 9.92. The lowest BCUT2D eigenvalue weighted by atomic mass is 10.2. The second-order valence-electron chi connectivity index (χ2n) is 7.04. The molecule has 4 rings (SSSR count). The fourth-order valence-electron chi connectivity index (χ4n) is 3.48. The lowest BCUT2D eigenvalue weighted by molar-refractivity contribution is -0.121. The van der Waals surface area contributed by atoms with Gasteiger partial charge in [0.2, 0.25) is 5.91 Å². The quantitative estimate of drug-likeness (QED) is 0.595. The van der Waals surface area contributed by atoms with Crippen LogP contribution < -0.4 is 15.5 Å². The molecule has 1 aromatic carbocycles. The molecule has 2 aromatic heterocycles. The lowest BCUT2D eigenvalue weighted by Crippen LogP contribution is -2.37. The second kappa shape index (κ2) is 8.91. The number of anilines is 2. The minimum absolute atomic E-state index is 0.0129. The normalized spacial score (nSPS) is 14.2. The third-order valence-electron chi connectivity index (χ3n) is 4.91. The first-order chi connectivity index (χ1) is 14.2. The highest BCUT2D eigenvalue weighted by molar-refractivity contribution is 5.83. The van der Waals surface area contributed by atoms with Gasteiger partial charge in [0.25, 0.3) is 0 Å². The summed E-state index contributed by atoms with van der Waals surface area (Å²) in [7, 11) is 0. The zero-order valence-electron chi connectivity index (χ0n) is 16.6. The zero-order chi connectivity index (χ0) is 20.1. The number of hydrogen-bond acceptors (Lipinski definition) is 6. The Balaban J connectivity index is 1.27. The van der Waals surface area contributed by atoms with Crippen molar-refractivity contribution in [3.8, 4) is 0 Å². The van der Waals surface area contributed by atoms with Crippen LogP contribution in [0.2, 0.25) is 0 Å². The summed E-state index contributed by atoms with van der Waals surface area (Å²) in [6.07, 6.45) is 1.94. The van der Waals surface area contributed by atoms with Crippen LogP contribution in [0.1, 0.15) is 5.82 Å². The highest BCUT2D eigenvalue weighted by Crippen LogP contribution is 2.17. The number of rotatable bonds is 7. The summed E-state index contributed by atoms with van der Waals surface area (Å²) in [4.78, 5) is 23.4. The molecule has 29 heavy (non-hydrogen) atoms. The van der Waals surface area contributed by atoms with Crippen LogP contribution in [-0.2, 0) is 16.1 Å². The van der Waals surface area contributed by atoms with Gasteiger partial charge in [0, 0.05) is 44.0 Å². The van der Waals surface area contributed by atoms with Crippen LogP contribution in [0.3, 0.4) is 0 Å². The molecule has 0 bridgehead atoms. The van der Waals surface area contributed by atoms with Gasteiger partial charge in [-0.15, -0.1) is 0 Å². The Bertz CT molecular complexity index is 980. The van der Waals surface area contributed by atoms with E-state index in [0.29, 0.717) is 32.8 Å². The smallest absolute Gasteiger partial charge is 0.240 e. The number of aromatic nitrogens is 3. The Morgan fingerprint density at radius 3 is 2.83 bits per heavy atom. The Morgan fingerprint density at radius 2 is 1.97 bits per heavy atom. The molecule has 1 amide bonds. The van der Waals surface area contributed by atoms with E-state index < -0.39 is 0 Å². The molecule has 152 valence electrons. The molecule has 1 saturated heterocycles. The van der Waals surface area contributed by atoms with Crippen LogP contribution in [0.25, 0.3) is 10.9 Å². The monoisotopic (exact) mass is 394 g/mol. The molecule has 3 aromatic rings. The van der Waals surface area contributed by atoms with E-state index in [1.54, 1.807) is 0 Å². The molecule has 0 saturated carbocycles. The molecule has 2 N–H and O–H groups in total. The van der Waals surface area contributed by atoms with E-state index in [4.69, 9.17) is 4.74 Å². The number of aryl methyl sites for hydroxylation is 1. The lowest BCUT2D eigenvalue weighted by Gasteiger charge is -2.28. The van der Waals surface area contributed by atoms with E-state index in [-0.39, 0.29) is 5.91 Å². The molecule has 1 aliphatic heterocycles. The number of carbonyl (C=O) groups excluding carboxylic acids is 1. The number of nitrogens with zero attached hydrogens (tertiary/aromatic N) is 4. The maximum atomic E-state index is 12.3. The minimum Gasteiger partial charge on any atom is -0.378 e. The zero-order valence-corrected chi connectivity index (χ0v) is 16.6. The molecule has 0 unspecified atom stereocenters. The summed E-state index contributed by atoms with van der Waals surface area (Å²) in [5.74, 6) is 2.39. The van der Waals surface area contributed by atoms with E-state index in [9.17, 15) is 4.79 Å². The Morgan fingerprint density at radius 1 is 1.14 bits per heavy atom. The summed E-state index contributed by atoms with van der Waals surface area (Å²) in [5.41, 5.74) is 1.06. The predicted molar refractivity (Wildman–Crippen MR) is 113 cm³/mol.